The fourth-order valence-corrected chi connectivity index (χ4v) is 6.08. The molecule has 152 valence electrons. The quantitative estimate of drug-likeness (QED) is 0.731. The maximum atomic E-state index is 12.9. The molecule has 1 atom stereocenters. The standard InChI is InChI=1S/C21H27NO5S/c1-3-28(24,25)22-19-6-4-15(14-8-10-27-11-9-14)12-17(19)18-13-16(21(23)26-2)5-7-20(18)22/h5,7,13-15H,3-4,6,8-12H2,1-2H3/t15-/m1/s1. The molecule has 2 aliphatic rings. The molecule has 1 saturated heterocycles. The van der Waals surface area contributed by atoms with Gasteiger partial charge in [0.05, 0.1) is 23.9 Å². The number of nitrogens with zero attached hydrogens (tertiary/aromatic N) is 1. The van der Waals surface area contributed by atoms with Crippen molar-refractivity contribution in [2.24, 2.45) is 11.8 Å². The Morgan fingerprint density at radius 2 is 1.96 bits per heavy atom. The Morgan fingerprint density at radius 3 is 2.64 bits per heavy atom. The normalized spacial score (nSPS) is 20.9. The summed E-state index contributed by atoms with van der Waals surface area (Å²) in [5.74, 6) is 0.790. The second-order valence-corrected chi connectivity index (χ2v) is 9.87. The van der Waals surface area contributed by atoms with Crippen molar-refractivity contribution >= 4 is 26.9 Å². The van der Waals surface area contributed by atoms with Crippen molar-refractivity contribution in [1.82, 2.24) is 3.97 Å². The minimum atomic E-state index is -3.42. The zero-order valence-corrected chi connectivity index (χ0v) is 17.3. The van der Waals surface area contributed by atoms with Gasteiger partial charge in [0.1, 0.15) is 0 Å². The number of hydrogen-bond donors (Lipinski definition) is 0. The predicted molar refractivity (Wildman–Crippen MR) is 107 cm³/mol. The first-order valence-electron chi connectivity index (χ1n) is 10.0. The highest BCUT2D eigenvalue weighted by molar-refractivity contribution is 7.90. The van der Waals surface area contributed by atoms with Crippen LogP contribution < -0.4 is 0 Å². The van der Waals surface area contributed by atoms with E-state index in [0.717, 1.165) is 62.0 Å². The lowest BCUT2D eigenvalue weighted by atomic mass is 9.75. The smallest absolute Gasteiger partial charge is 0.337 e. The van der Waals surface area contributed by atoms with Crippen molar-refractivity contribution in [2.45, 2.75) is 39.0 Å². The molecule has 0 radical (unpaired) electrons. The van der Waals surface area contributed by atoms with Gasteiger partial charge in [-0.05, 0) is 74.6 Å². The molecule has 1 aromatic heterocycles. The first-order chi connectivity index (χ1) is 13.5. The topological polar surface area (TPSA) is 74.6 Å². The number of rotatable bonds is 4. The molecule has 0 N–H and O–H groups in total. The molecular formula is C21H27NO5S. The highest BCUT2D eigenvalue weighted by Gasteiger charge is 2.33. The van der Waals surface area contributed by atoms with Crippen molar-refractivity contribution in [2.75, 3.05) is 26.1 Å². The number of hydrogen-bond acceptors (Lipinski definition) is 5. The molecule has 0 unspecified atom stereocenters. The molecule has 1 fully saturated rings. The van der Waals surface area contributed by atoms with Crippen molar-refractivity contribution in [3.63, 3.8) is 0 Å². The molecule has 6 nitrogen and oxygen atoms in total. The fourth-order valence-electron chi connectivity index (χ4n) is 4.83. The number of carbonyl (C=O) groups excluding carboxylic acids is 1. The van der Waals surface area contributed by atoms with E-state index in [-0.39, 0.29) is 5.75 Å². The lowest BCUT2D eigenvalue weighted by Crippen LogP contribution is -2.29. The predicted octanol–water partition coefficient (Wildman–Crippen LogP) is 3.16. The van der Waals surface area contributed by atoms with Crippen LogP contribution in [-0.4, -0.2) is 44.4 Å². The number of benzene rings is 1. The summed E-state index contributed by atoms with van der Waals surface area (Å²) in [7, 11) is -2.07. The van der Waals surface area contributed by atoms with E-state index in [1.807, 2.05) is 0 Å². The summed E-state index contributed by atoms with van der Waals surface area (Å²) in [4.78, 5) is 12.0. The summed E-state index contributed by atoms with van der Waals surface area (Å²) in [6.45, 7) is 3.29. The third-order valence-electron chi connectivity index (χ3n) is 6.35. The van der Waals surface area contributed by atoms with Crippen LogP contribution in [0.1, 0.15) is 47.8 Å². The van der Waals surface area contributed by atoms with Gasteiger partial charge in [0.25, 0.3) is 0 Å². The van der Waals surface area contributed by atoms with Gasteiger partial charge in [-0.3, -0.25) is 0 Å². The molecule has 2 heterocycles. The Kier molecular flexibility index (Phi) is 5.22. The van der Waals surface area contributed by atoms with Gasteiger partial charge in [-0.15, -0.1) is 0 Å². The highest BCUT2D eigenvalue weighted by atomic mass is 32.2. The first-order valence-corrected chi connectivity index (χ1v) is 11.6. The molecule has 0 saturated carbocycles. The van der Waals surface area contributed by atoms with Crippen molar-refractivity contribution < 1.29 is 22.7 Å². The Hall–Kier alpha value is -1.86. The van der Waals surface area contributed by atoms with Gasteiger partial charge in [-0.1, -0.05) is 0 Å². The van der Waals surface area contributed by atoms with Gasteiger partial charge in [0, 0.05) is 24.3 Å². The molecule has 1 aliphatic carbocycles. The lowest BCUT2D eigenvalue weighted by molar-refractivity contribution is 0.0439. The summed E-state index contributed by atoms with van der Waals surface area (Å²) in [6.07, 6.45) is 4.74. The Bertz CT molecular complexity index is 1000. The molecule has 1 aromatic carbocycles. The van der Waals surface area contributed by atoms with Crippen molar-refractivity contribution in [1.29, 1.82) is 0 Å². The van der Waals surface area contributed by atoms with E-state index in [2.05, 4.69) is 0 Å². The summed E-state index contributed by atoms with van der Waals surface area (Å²) >= 11 is 0. The van der Waals surface area contributed by atoms with E-state index in [1.54, 1.807) is 25.1 Å². The van der Waals surface area contributed by atoms with Gasteiger partial charge in [-0.2, -0.15) is 0 Å². The number of ether oxygens (including phenoxy) is 2. The van der Waals surface area contributed by atoms with Gasteiger partial charge >= 0.3 is 5.97 Å². The van der Waals surface area contributed by atoms with Gasteiger partial charge in [-0.25, -0.2) is 17.2 Å². The van der Waals surface area contributed by atoms with Crippen LogP contribution in [0.15, 0.2) is 18.2 Å². The number of fused-ring (bicyclic) bond motifs is 3. The van der Waals surface area contributed by atoms with Crippen LogP contribution >= 0.6 is 0 Å². The van der Waals surface area contributed by atoms with E-state index in [4.69, 9.17) is 9.47 Å². The Morgan fingerprint density at radius 1 is 1.21 bits per heavy atom. The zero-order valence-electron chi connectivity index (χ0n) is 16.4. The van der Waals surface area contributed by atoms with Gasteiger partial charge in [0.15, 0.2) is 0 Å². The average molecular weight is 406 g/mol. The van der Waals surface area contributed by atoms with Crippen LogP contribution in [0, 0.1) is 11.8 Å². The van der Waals surface area contributed by atoms with E-state index >= 15 is 0 Å². The van der Waals surface area contributed by atoms with E-state index < -0.39 is 16.0 Å². The molecule has 2 aromatic rings. The van der Waals surface area contributed by atoms with Crippen LogP contribution in [0.3, 0.4) is 0 Å². The zero-order chi connectivity index (χ0) is 19.9. The number of methoxy groups -OCH3 is 1. The second kappa shape index (κ2) is 7.52. The Balaban J connectivity index is 1.85. The second-order valence-electron chi connectivity index (χ2n) is 7.77. The summed E-state index contributed by atoms with van der Waals surface area (Å²) in [6, 6.07) is 5.20. The number of aromatic nitrogens is 1. The van der Waals surface area contributed by atoms with E-state index in [0.29, 0.717) is 22.9 Å². The monoisotopic (exact) mass is 405 g/mol. The van der Waals surface area contributed by atoms with Crippen LogP contribution in [0.5, 0.6) is 0 Å². The number of esters is 1. The van der Waals surface area contributed by atoms with E-state index in [9.17, 15) is 13.2 Å². The van der Waals surface area contributed by atoms with Crippen molar-refractivity contribution in [3.05, 3.63) is 35.0 Å². The maximum absolute atomic E-state index is 12.9. The van der Waals surface area contributed by atoms with Gasteiger partial charge < -0.3 is 9.47 Å². The average Bonchev–Trinajstić information content (AvgIpc) is 3.07. The molecule has 0 bridgehead atoms. The minimum absolute atomic E-state index is 0.0470. The molecule has 0 spiro atoms. The molecule has 4 rings (SSSR count). The Labute approximate surface area is 165 Å². The highest BCUT2D eigenvalue weighted by Crippen LogP contribution is 2.40. The van der Waals surface area contributed by atoms with E-state index in [1.165, 1.54) is 11.1 Å². The molecule has 28 heavy (non-hydrogen) atoms. The first kappa shape index (κ1) is 19.5. The third kappa shape index (κ3) is 3.24. The summed E-state index contributed by atoms with van der Waals surface area (Å²) in [5.41, 5.74) is 3.10. The van der Waals surface area contributed by atoms with Crippen LogP contribution in [0.2, 0.25) is 0 Å². The lowest BCUT2D eigenvalue weighted by Gasteiger charge is -2.33. The minimum Gasteiger partial charge on any atom is -0.465 e. The third-order valence-corrected chi connectivity index (χ3v) is 8.05. The largest absolute Gasteiger partial charge is 0.465 e. The van der Waals surface area contributed by atoms with Crippen LogP contribution in [-0.2, 0) is 32.3 Å². The van der Waals surface area contributed by atoms with Crippen LogP contribution in [0.4, 0.5) is 0 Å². The molecular weight excluding hydrogens is 378 g/mol. The van der Waals surface area contributed by atoms with Gasteiger partial charge in [0.2, 0.25) is 10.0 Å². The van der Waals surface area contributed by atoms with Crippen molar-refractivity contribution in [3.8, 4) is 0 Å². The summed E-state index contributed by atoms with van der Waals surface area (Å²) in [5, 5.41) is 0.867. The molecule has 0 amide bonds. The molecule has 7 heteroatoms. The fraction of sp³-hybridized carbons (Fsp3) is 0.571. The van der Waals surface area contributed by atoms with Crippen LogP contribution in [0.25, 0.3) is 10.9 Å². The maximum Gasteiger partial charge on any atom is 0.337 e. The molecule has 1 aliphatic heterocycles. The number of carbonyl (C=O) groups is 1. The summed E-state index contributed by atoms with van der Waals surface area (Å²) < 4.78 is 37.6. The SMILES string of the molecule is CCS(=O)(=O)n1c2c(c3cc(C(=O)OC)ccc31)C[C@H](C1CCOCC1)CC2.